The van der Waals surface area contributed by atoms with E-state index in [1.807, 2.05) is 44.2 Å². The number of carboxylic acid groups (broad SMARTS) is 1. The average molecular weight is 657 g/mol. The summed E-state index contributed by atoms with van der Waals surface area (Å²) in [6.45, 7) is 7.58. The molecule has 10 nitrogen and oxygen atoms in total. The van der Waals surface area contributed by atoms with Crippen molar-refractivity contribution in [3.63, 3.8) is 0 Å². The first-order valence-electron chi connectivity index (χ1n) is 15.2. The van der Waals surface area contributed by atoms with E-state index in [0.29, 0.717) is 52.2 Å². The van der Waals surface area contributed by atoms with Crippen LogP contribution in [-0.4, -0.2) is 68.4 Å². The highest BCUT2D eigenvalue weighted by molar-refractivity contribution is 7.13. The van der Waals surface area contributed by atoms with Crippen LogP contribution in [0.15, 0.2) is 47.1 Å². The fourth-order valence-corrected chi connectivity index (χ4v) is 7.73. The van der Waals surface area contributed by atoms with Crippen LogP contribution in [0.3, 0.4) is 0 Å². The number of likely N-dealkylation sites (N-methyl/N-ethyl adjacent to an activating group) is 1. The van der Waals surface area contributed by atoms with Gasteiger partial charge in [0.1, 0.15) is 5.52 Å². The lowest BCUT2D eigenvalue weighted by atomic mass is 9.94. The number of aliphatic carboxylic acids is 1. The number of rotatable bonds is 7. The normalized spacial score (nSPS) is 17.0. The van der Waals surface area contributed by atoms with Crippen LogP contribution in [0.25, 0.3) is 33.7 Å². The molecule has 2 N–H and O–H groups in total. The maximum atomic E-state index is 13.2. The summed E-state index contributed by atoms with van der Waals surface area (Å²) in [5.41, 5.74) is 8.26. The number of aromatic nitrogens is 3. The van der Waals surface area contributed by atoms with Gasteiger partial charge in [-0.15, -0.1) is 11.3 Å². The number of fused-ring (bicyclic) bond motifs is 2. The maximum Gasteiger partial charge on any atom is 0.307 e. The van der Waals surface area contributed by atoms with E-state index in [0.717, 1.165) is 70.0 Å². The number of thiazole rings is 1. The van der Waals surface area contributed by atoms with Gasteiger partial charge in [0, 0.05) is 54.8 Å². The van der Waals surface area contributed by atoms with Crippen molar-refractivity contribution in [2.45, 2.75) is 39.8 Å². The lowest BCUT2D eigenvalue weighted by Crippen LogP contribution is -2.25. The standard InChI is InChI=1S/C34H33ClN6O4S/c1-18-22(24-13-36-14-28(19(24)2)37-31(42)33-39-26-8-9-40(3)17-29(26)46-33)5-4-6-23(18)32-38-27-12-20(11-25(35)30(27)45-32)15-41-10-7-21(16-41)34(43)44/h4-6,11-14,21H,7-10,15-17H2,1-3H3,(H,37,42)(H,43,44)/t21-/m1/s1. The van der Waals surface area contributed by atoms with Crippen molar-refractivity contribution in [3.8, 4) is 22.6 Å². The van der Waals surface area contributed by atoms with Gasteiger partial charge in [-0.05, 0) is 74.3 Å². The summed E-state index contributed by atoms with van der Waals surface area (Å²) in [4.78, 5) is 44.0. The highest BCUT2D eigenvalue weighted by atomic mass is 35.5. The topological polar surface area (TPSA) is 125 Å². The van der Waals surface area contributed by atoms with E-state index in [-0.39, 0.29) is 11.8 Å². The molecule has 1 amide bonds. The van der Waals surface area contributed by atoms with Crippen LogP contribution in [0.5, 0.6) is 0 Å². The molecular formula is C34H33ClN6O4S. The van der Waals surface area contributed by atoms with Crippen LogP contribution in [-0.2, 0) is 24.3 Å². The highest BCUT2D eigenvalue weighted by Crippen LogP contribution is 2.37. The Bertz CT molecular complexity index is 2010. The average Bonchev–Trinajstić information content (AvgIpc) is 3.77. The largest absolute Gasteiger partial charge is 0.481 e. The molecule has 1 atom stereocenters. The minimum atomic E-state index is -0.751. The molecule has 5 aromatic rings. The molecule has 2 aliphatic rings. The molecule has 1 fully saturated rings. The van der Waals surface area contributed by atoms with Crippen LogP contribution >= 0.6 is 22.9 Å². The lowest BCUT2D eigenvalue weighted by Gasteiger charge is -2.20. The van der Waals surface area contributed by atoms with Gasteiger partial charge in [0.25, 0.3) is 5.91 Å². The van der Waals surface area contributed by atoms with E-state index < -0.39 is 5.97 Å². The quantitative estimate of drug-likeness (QED) is 0.204. The van der Waals surface area contributed by atoms with E-state index in [9.17, 15) is 14.7 Å². The van der Waals surface area contributed by atoms with E-state index >= 15 is 0 Å². The van der Waals surface area contributed by atoms with Crippen LogP contribution in [0.2, 0.25) is 5.02 Å². The van der Waals surface area contributed by atoms with Gasteiger partial charge in [-0.25, -0.2) is 9.97 Å². The molecule has 0 aliphatic carbocycles. The summed E-state index contributed by atoms with van der Waals surface area (Å²) in [6, 6.07) is 9.76. The number of hydrogen-bond donors (Lipinski definition) is 2. The molecule has 236 valence electrons. The minimum absolute atomic E-state index is 0.233. The van der Waals surface area contributed by atoms with Gasteiger partial charge in [-0.2, -0.15) is 0 Å². The van der Waals surface area contributed by atoms with Gasteiger partial charge in [0.2, 0.25) is 5.89 Å². The predicted octanol–water partition coefficient (Wildman–Crippen LogP) is 6.43. The number of carboxylic acids is 1. The number of likely N-dealkylation sites (tertiary alicyclic amines) is 1. The molecule has 2 aromatic carbocycles. The van der Waals surface area contributed by atoms with Gasteiger partial charge < -0.3 is 19.7 Å². The molecule has 0 saturated carbocycles. The zero-order valence-electron chi connectivity index (χ0n) is 25.8. The Balaban J connectivity index is 1.15. The van der Waals surface area contributed by atoms with Crippen molar-refractivity contribution in [2.24, 2.45) is 5.92 Å². The summed E-state index contributed by atoms with van der Waals surface area (Å²) in [6.07, 6.45) is 4.96. The predicted molar refractivity (Wildman–Crippen MR) is 178 cm³/mol. The zero-order valence-corrected chi connectivity index (χ0v) is 27.3. The number of anilines is 1. The number of halogens is 1. The van der Waals surface area contributed by atoms with E-state index in [1.54, 1.807) is 12.4 Å². The third-order valence-corrected chi connectivity index (χ3v) is 10.3. The second kappa shape index (κ2) is 12.2. The highest BCUT2D eigenvalue weighted by Gasteiger charge is 2.28. The van der Waals surface area contributed by atoms with Crippen molar-refractivity contribution < 1.29 is 19.1 Å². The number of pyridine rings is 1. The third kappa shape index (κ3) is 5.79. The van der Waals surface area contributed by atoms with Crippen LogP contribution < -0.4 is 5.32 Å². The summed E-state index contributed by atoms with van der Waals surface area (Å²) >= 11 is 8.11. The maximum absolute atomic E-state index is 13.2. The number of nitrogens with zero attached hydrogens (tertiary/aromatic N) is 5. The first-order valence-corrected chi connectivity index (χ1v) is 16.4. The van der Waals surface area contributed by atoms with E-state index in [1.165, 1.54) is 11.3 Å². The molecule has 5 heterocycles. The molecule has 46 heavy (non-hydrogen) atoms. The molecule has 0 bridgehead atoms. The van der Waals surface area contributed by atoms with Gasteiger partial charge in [0.15, 0.2) is 10.6 Å². The number of carbonyl (C=O) groups is 2. The summed E-state index contributed by atoms with van der Waals surface area (Å²) < 4.78 is 6.21. The first-order chi connectivity index (χ1) is 22.1. The number of benzene rings is 2. The molecule has 2 aliphatic heterocycles. The minimum Gasteiger partial charge on any atom is -0.481 e. The lowest BCUT2D eigenvalue weighted by molar-refractivity contribution is -0.141. The number of carbonyl (C=O) groups excluding carboxylic acids is 1. The first kappa shape index (κ1) is 30.5. The Labute approximate surface area is 275 Å². The number of hydrogen-bond acceptors (Lipinski definition) is 9. The molecule has 0 unspecified atom stereocenters. The fourth-order valence-electron chi connectivity index (χ4n) is 6.37. The third-order valence-electron chi connectivity index (χ3n) is 8.97. The Hall–Kier alpha value is -4.16. The van der Waals surface area contributed by atoms with E-state index in [2.05, 4.69) is 32.1 Å². The second-order valence-electron chi connectivity index (χ2n) is 12.2. The second-order valence-corrected chi connectivity index (χ2v) is 13.7. The van der Waals surface area contributed by atoms with Gasteiger partial charge in [-0.3, -0.25) is 19.5 Å². The Morgan fingerprint density at radius 2 is 1.93 bits per heavy atom. The van der Waals surface area contributed by atoms with Gasteiger partial charge in [-0.1, -0.05) is 23.7 Å². The zero-order chi connectivity index (χ0) is 32.1. The van der Waals surface area contributed by atoms with Crippen LogP contribution in [0.4, 0.5) is 5.69 Å². The Morgan fingerprint density at radius 3 is 2.74 bits per heavy atom. The van der Waals surface area contributed by atoms with Crippen LogP contribution in [0, 0.1) is 19.8 Å². The smallest absolute Gasteiger partial charge is 0.307 e. The number of nitrogens with one attached hydrogen (secondary N) is 1. The molecule has 12 heteroatoms. The summed E-state index contributed by atoms with van der Waals surface area (Å²) in [7, 11) is 2.08. The molecular weight excluding hydrogens is 624 g/mol. The molecule has 0 radical (unpaired) electrons. The van der Waals surface area contributed by atoms with Gasteiger partial charge >= 0.3 is 5.97 Å². The Kier molecular flexibility index (Phi) is 8.10. The van der Waals surface area contributed by atoms with Crippen LogP contribution in [0.1, 0.15) is 43.5 Å². The van der Waals surface area contributed by atoms with Crippen molar-refractivity contribution in [3.05, 3.63) is 80.0 Å². The van der Waals surface area contributed by atoms with Gasteiger partial charge in [0.05, 0.1) is 28.5 Å². The number of oxazole rings is 1. The van der Waals surface area contributed by atoms with E-state index in [4.69, 9.17) is 21.0 Å². The van der Waals surface area contributed by atoms with Crippen molar-refractivity contribution in [1.82, 2.24) is 24.8 Å². The fraction of sp³-hybridized carbons (Fsp3) is 0.324. The SMILES string of the molecule is Cc1c(NC(=O)c2nc3c(s2)CN(C)CC3)cncc1-c1cccc(-c2nc3cc(CN4CC[C@@H](C(=O)O)C4)cc(Cl)c3o2)c1C. The summed E-state index contributed by atoms with van der Waals surface area (Å²) in [5, 5.41) is 13.3. The van der Waals surface area contributed by atoms with Crippen molar-refractivity contribution in [2.75, 3.05) is 32.0 Å². The monoisotopic (exact) mass is 656 g/mol. The Morgan fingerprint density at radius 1 is 1.11 bits per heavy atom. The molecule has 1 saturated heterocycles. The van der Waals surface area contributed by atoms with Crippen molar-refractivity contribution >= 4 is 51.6 Å². The number of amides is 1. The van der Waals surface area contributed by atoms with Crippen molar-refractivity contribution in [1.29, 1.82) is 0 Å². The molecule has 7 rings (SSSR count). The molecule has 0 spiro atoms. The summed E-state index contributed by atoms with van der Waals surface area (Å²) in [5.74, 6) is -0.869. The molecule has 3 aromatic heterocycles.